The number of carbonyl (C=O) groups excluding carboxylic acids is 1. The van der Waals surface area contributed by atoms with E-state index in [0.29, 0.717) is 26.3 Å². The summed E-state index contributed by atoms with van der Waals surface area (Å²) in [6.45, 7) is 1.87. The van der Waals surface area contributed by atoms with Crippen molar-refractivity contribution < 1.29 is 9.53 Å². The van der Waals surface area contributed by atoms with Gasteiger partial charge in [0.1, 0.15) is 5.69 Å². The molecule has 0 radical (unpaired) electrons. The second kappa shape index (κ2) is 4.31. The smallest absolute Gasteiger partial charge is 0.326 e. The van der Waals surface area contributed by atoms with Gasteiger partial charge in [-0.05, 0) is 0 Å². The molecule has 1 aliphatic heterocycles. The first kappa shape index (κ1) is 10.6. The SMILES string of the molecule is O=C(c1cc(=O)[nH]c(=O)[nH]1)N1CCOCC1. The van der Waals surface area contributed by atoms with Gasteiger partial charge in [-0.25, -0.2) is 4.79 Å². The minimum atomic E-state index is -0.677. The fourth-order valence-corrected chi connectivity index (χ4v) is 1.52. The number of amides is 1. The Bertz CT molecular complexity index is 470. The number of H-pyrrole nitrogens is 2. The molecule has 0 unspecified atom stereocenters. The highest BCUT2D eigenvalue weighted by Crippen LogP contribution is 2.01. The van der Waals surface area contributed by atoms with Crippen LogP contribution in [-0.2, 0) is 4.74 Å². The number of nitrogens with one attached hydrogen (secondary N) is 2. The van der Waals surface area contributed by atoms with Crippen LogP contribution in [0.5, 0.6) is 0 Å². The van der Waals surface area contributed by atoms with E-state index in [1.54, 1.807) is 0 Å². The fraction of sp³-hybridized carbons (Fsp3) is 0.444. The predicted molar refractivity (Wildman–Crippen MR) is 54.4 cm³/mol. The number of aromatic amines is 2. The summed E-state index contributed by atoms with van der Waals surface area (Å²) in [5.41, 5.74) is -1.25. The third kappa shape index (κ3) is 2.19. The zero-order chi connectivity index (χ0) is 11.5. The average Bonchev–Trinajstić information content (AvgIpc) is 2.28. The van der Waals surface area contributed by atoms with E-state index >= 15 is 0 Å². The number of carbonyl (C=O) groups is 1. The van der Waals surface area contributed by atoms with Crippen molar-refractivity contribution in [1.82, 2.24) is 14.9 Å². The van der Waals surface area contributed by atoms with Gasteiger partial charge in [0.25, 0.3) is 11.5 Å². The molecule has 0 aliphatic carbocycles. The van der Waals surface area contributed by atoms with Gasteiger partial charge < -0.3 is 14.6 Å². The molecule has 16 heavy (non-hydrogen) atoms. The first-order chi connectivity index (χ1) is 7.66. The first-order valence-corrected chi connectivity index (χ1v) is 4.87. The first-order valence-electron chi connectivity index (χ1n) is 4.87. The summed E-state index contributed by atoms with van der Waals surface area (Å²) in [6.07, 6.45) is 0. The summed E-state index contributed by atoms with van der Waals surface area (Å²) in [4.78, 5) is 39.7. The molecule has 0 atom stereocenters. The number of morpholine rings is 1. The van der Waals surface area contributed by atoms with Gasteiger partial charge in [0.15, 0.2) is 0 Å². The van der Waals surface area contributed by atoms with Gasteiger partial charge in [0, 0.05) is 19.2 Å². The third-order valence-electron chi connectivity index (χ3n) is 2.29. The summed E-state index contributed by atoms with van der Waals surface area (Å²) in [6, 6.07) is 1.08. The minimum absolute atomic E-state index is 0.00986. The lowest BCUT2D eigenvalue weighted by Crippen LogP contribution is -2.42. The molecule has 2 heterocycles. The van der Waals surface area contributed by atoms with E-state index in [1.807, 2.05) is 4.98 Å². The molecular formula is C9H11N3O4. The third-order valence-corrected chi connectivity index (χ3v) is 2.29. The van der Waals surface area contributed by atoms with E-state index in [2.05, 4.69) is 4.98 Å². The summed E-state index contributed by atoms with van der Waals surface area (Å²) in [5, 5.41) is 0. The Hall–Kier alpha value is -1.89. The summed E-state index contributed by atoms with van der Waals surface area (Å²) >= 11 is 0. The number of nitrogens with zero attached hydrogens (tertiary/aromatic N) is 1. The Labute approximate surface area is 90.0 Å². The summed E-state index contributed by atoms with van der Waals surface area (Å²) in [5.74, 6) is -0.355. The maximum atomic E-state index is 11.9. The van der Waals surface area contributed by atoms with Crippen molar-refractivity contribution in [1.29, 1.82) is 0 Å². The molecule has 86 valence electrons. The molecule has 1 aromatic heterocycles. The van der Waals surface area contributed by atoms with Gasteiger partial charge in [0.05, 0.1) is 13.2 Å². The van der Waals surface area contributed by atoms with Crippen LogP contribution in [0.2, 0.25) is 0 Å². The lowest BCUT2D eigenvalue weighted by molar-refractivity contribution is 0.0298. The van der Waals surface area contributed by atoms with Gasteiger partial charge >= 0.3 is 5.69 Å². The van der Waals surface area contributed by atoms with Gasteiger partial charge in [0.2, 0.25) is 0 Å². The van der Waals surface area contributed by atoms with Crippen LogP contribution in [0.25, 0.3) is 0 Å². The molecule has 2 rings (SSSR count). The van der Waals surface area contributed by atoms with E-state index in [-0.39, 0.29) is 11.6 Å². The number of aromatic nitrogens is 2. The number of hydrogen-bond donors (Lipinski definition) is 2. The van der Waals surface area contributed by atoms with Gasteiger partial charge in [-0.15, -0.1) is 0 Å². The average molecular weight is 225 g/mol. The van der Waals surface area contributed by atoms with Crippen LogP contribution in [-0.4, -0.2) is 47.1 Å². The molecule has 7 nitrogen and oxygen atoms in total. The molecule has 0 spiro atoms. The van der Waals surface area contributed by atoms with E-state index < -0.39 is 11.2 Å². The summed E-state index contributed by atoms with van der Waals surface area (Å²) in [7, 11) is 0. The van der Waals surface area contributed by atoms with Gasteiger partial charge in [-0.3, -0.25) is 14.6 Å². The van der Waals surface area contributed by atoms with Gasteiger partial charge in [-0.1, -0.05) is 0 Å². The van der Waals surface area contributed by atoms with Crippen LogP contribution in [0.15, 0.2) is 15.7 Å². The van der Waals surface area contributed by atoms with E-state index in [4.69, 9.17) is 4.74 Å². The maximum Gasteiger partial charge on any atom is 0.326 e. The largest absolute Gasteiger partial charge is 0.378 e. The Balaban J connectivity index is 2.26. The van der Waals surface area contributed by atoms with Crippen LogP contribution in [0.4, 0.5) is 0 Å². The standard InChI is InChI=1S/C9H11N3O4/c13-7-5-6(10-9(15)11-7)8(14)12-1-3-16-4-2-12/h5H,1-4H2,(H2,10,11,13,15). The van der Waals surface area contributed by atoms with E-state index in [9.17, 15) is 14.4 Å². The summed E-state index contributed by atoms with van der Waals surface area (Å²) < 4.78 is 5.10. The Kier molecular flexibility index (Phi) is 2.86. The number of ether oxygens (including phenoxy) is 1. The van der Waals surface area contributed by atoms with Crippen molar-refractivity contribution in [2.24, 2.45) is 0 Å². The van der Waals surface area contributed by atoms with Crippen molar-refractivity contribution >= 4 is 5.91 Å². The van der Waals surface area contributed by atoms with Crippen molar-refractivity contribution in [3.05, 3.63) is 32.6 Å². The van der Waals surface area contributed by atoms with E-state index in [0.717, 1.165) is 6.07 Å². The van der Waals surface area contributed by atoms with E-state index in [1.165, 1.54) is 4.90 Å². The van der Waals surface area contributed by atoms with Crippen LogP contribution in [0, 0.1) is 0 Å². The van der Waals surface area contributed by atoms with Gasteiger partial charge in [-0.2, -0.15) is 0 Å². The highest BCUT2D eigenvalue weighted by molar-refractivity contribution is 5.92. The van der Waals surface area contributed by atoms with Crippen molar-refractivity contribution in [2.75, 3.05) is 26.3 Å². The Morgan fingerprint density at radius 1 is 1.25 bits per heavy atom. The van der Waals surface area contributed by atoms with Crippen molar-refractivity contribution in [3.8, 4) is 0 Å². The zero-order valence-corrected chi connectivity index (χ0v) is 8.49. The van der Waals surface area contributed by atoms with Crippen LogP contribution in [0.3, 0.4) is 0 Å². The molecule has 1 aromatic rings. The lowest BCUT2D eigenvalue weighted by atomic mass is 10.3. The Morgan fingerprint density at radius 2 is 1.94 bits per heavy atom. The quantitative estimate of drug-likeness (QED) is 0.610. The second-order valence-electron chi connectivity index (χ2n) is 3.41. The molecule has 7 heteroatoms. The fourth-order valence-electron chi connectivity index (χ4n) is 1.52. The molecule has 0 bridgehead atoms. The molecule has 1 aliphatic rings. The topological polar surface area (TPSA) is 95.3 Å². The monoisotopic (exact) mass is 225 g/mol. The molecule has 2 N–H and O–H groups in total. The van der Waals surface area contributed by atoms with Crippen LogP contribution in [0.1, 0.15) is 10.5 Å². The highest BCUT2D eigenvalue weighted by Gasteiger charge is 2.19. The molecule has 0 aromatic carbocycles. The zero-order valence-electron chi connectivity index (χ0n) is 8.49. The van der Waals surface area contributed by atoms with Crippen LogP contribution < -0.4 is 11.2 Å². The van der Waals surface area contributed by atoms with Crippen LogP contribution >= 0.6 is 0 Å². The van der Waals surface area contributed by atoms with Crippen molar-refractivity contribution in [3.63, 3.8) is 0 Å². The predicted octanol–water partition coefficient (Wildman–Crippen LogP) is -1.46. The maximum absolute atomic E-state index is 11.9. The number of hydrogen-bond acceptors (Lipinski definition) is 4. The van der Waals surface area contributed by atoms with Crippen molar-refractivity contribution in [2.45, 2.75) is 0 Å². The minimum Gasteiger partial charge on any atom is -0.378 e. The molecule has 1 fully saturated rings. The molecule has 1 saturated heterocycles. The lowest BCUT2D eigenvalue weighted by Gasteiger charge is -2.26. The molecule has 1 amide bonds. The molecule has 0 saturated carbocycles. The number of rotatable bonds is 1. The second-order valence-corrected chi connectivity index (χ2v) is 3.41. The Morgan fingerprint density at radius 3 is 2.56 bits per heavy atom. The molecular weight excluding hydrogens is 214 g/mol. The normalized spacial score (nSPS) is 16.1. The highest BCUT2D eigenvalue weighted by atomic mass is 16.5.